The second kappa shape index (κ2) is 8.20. The summed E-state index contributed by atoms with van der Waals surface area (Å²) in [5.74, 6) is 0.639. The zero-order valence-corrected chi connectivity index (χ0v) is 14.4. The molecular weight excluding hydrogens is 324 g/mol. The highest BCUT2D eigenvalue weighted by atomic mass is 35.5. The number of hydrogen-bond acceptors (Lipinski definition) is 3. The number of amides is 1. The molecule has 0 spiro atoms. The van der Waals surface area contributed by atoms with Crippen molar-refractivity contribution in [2.24, 2.45) is 5.92 Å². The molecule has 24 heavy (non-hydrogen) atoms. The van der Waals surface area contributed by atoms with Gasteiger partial charge in [0.05, 0.1) is 17.9 Å². The molecule has 0 bridgehead atoms. The van der Waals surface area contributed by atoms with E-state index in [4.69, 9.17) is 11.6 Å². The van der Waals surface area contributed by atoms with Gasteiger partial charge >= 0.3 is 0 Å². The smallest absolute Gasteiger partial charge is 0.239 e. The molecular formula is C18H23ClN4O. The third-order valence-corrected chi connectivity index (χ3v) is 4.70. The van der Waals surface area contributed by atoms with E-state index in [1.165, 1.54) is 32.1 Å². The van der Waals surface area contributed by atoms with Crippen molar-refractivity contribution in [2.45, 2.75) is 32.1 Å². The van der Waals surface area contributed by atoms with Gasteiger partial charge in [0.1, 0.15) is 0 Å². The van der Waals surface area contributed by atoms with Crippen molar-refractivity contribution in [3.05, 3.63) is 41.7 Å². The Morgan fingerprint density at radius 3 is 2.88 bits per heavy atom. The van der Waals surface area contributed by atoms with Crippen molar-refractivity contribution in [1.29, 1.82) is 0 Å². The van der Waals surface area contributed by atoms with Crippen molar-refractivity contribution in [2.75, 3.05) is 18.4 Å². The number of rotatable bonds is 6. The SMILES string of the molecule is O=C(CNc1cc(Cl)ccc1-n1cccn1)NCC1CCCCC1. The second-order valence-electron chi connectivity index (χ2n) is 6.27. The Kier molecular flexibility index (Phi) is 5.75. The van der Waals surface area contributed by atoms with Crippen molar-refractivity contribution in [1.82, 2.24) is 15.1 Å². The van der Waals surface area contributed by atoms with Gasteiger partial charge in [0.2, 0.25) is 5.91 Å². The first kappa shape index (κ1) is 16.8. The lowest BCUT2D eigenvalue weighted by molar-refractivity contribution is -0.119. The van der Waals surface area contributed by atoms with Gasteiger partial charge in [-0.1, -0.05) is 30.9 Å². The molecule has 3 rings (SSSR count). The average Bonchev–Trinajstić information content (AvgIpc) is 3.13. The van der Waals surface area contributed by atoms with Crippen LogP contribution in [0.5, 0.6) is 0 Å². The molecule has 5 nitrogen and oxygen atoms in total. The van der Waals surface area contributed by atoms with E-state index in [9.17, 15) is 4.79 Å². The van der Waals surface area contributed by atoms with E-state index in [0.717, 1.165) is 17.9 Å². The van der Waals surface area contributed by atoms with E-state index in [1.807, 2.05) is 30.5 Å². The predicted octanol–water partition coefficient (Wildman–Crippen LogP) is 3.63. The lowest BCUT2D eigenvalue weighted by Crippen LogP contribution is -2.34. The first-order chi connectivity index (χ1) is 11.7. The third kappa shape index (κ3) is 4.51. The van der Waals surface area contributed by atoms with Crippen LogP contribution in [0.3, 0.4) is 0 Å². The van der Waals surface area contributed by atoms with Gasteiger partial charge in [-0.25, -0.2) is 4.68 Å². The Morgan fingerprint density at radius 1 is 1.29 bits per heavy atom. The predicted molar refractivity (Wildman–Crippen MR) is 96.6 cm³/mol. The fourth-order valence-corrected chi connectivity index (χ4v) is 3.32. The first-order valence-electron chi connectivity index (χ1n) is 8.52. The fraction of sp³-hybridized carbons (Fsp3) is 0.444. The number of nitrogens with zero attached hydrogens (tertiary/aromatic N) is 2. The lowest BCUT2D eigenvalue weighted by Gasteiger charge is -2.21. The lowest BCUT2D eigenvalue weighted by atomic mass is 9.89. The van der Waals surface area contributed by atoms with E-state index in [-0.39, 0.29) is 12.5 Å². The summed E-state index contributed by atoms with van der Waals surface area (Å²) in [5.41, 5.74) is 1.66. The van der Waals surface area contributed by atoms with Crippen LogP contribution < -0.4 is 10.6 Å². The number of benzene rings is 1. The molecule has 1 aromatic carbocycles. The molecule has 1 heterocycles. The van der Waals surface area contributed by atoms with Crippen LogP contribution in [0, 0.1) is 5.92 Å². The number of hydrogen-bond donors (Lipinski definition) is 2. The summed E-state index contributed by atoms with van der Waals surface area (Å²) in [6.45, 7) is 1.00. The highest BCUT2D eigenvalue weighted by Gasteiger charge is 2.14. The summed E-state index contributed by atoms with van der Waals surface area (Å²) in [7, 11) is 0. The van der Waals surface area contributed by atoms with E-state index in [1.54, 1.807) is 10.9 Å². The van der Waals surface area contributed by atoms with Crippen LogP contribution in [0.15, 0.2) is 36.7 Å². The van der Waals surface area contributed by atoms with Crippen LogP contribution in [0.4, 0.5) is 5.69 Å². The number of halogens is 1. The summed E-state index contributed by atoms with van der Waals surface area (Å²) < 4.78 is 1.75. The molecule has 1 aliphatic rings. The van der Waals surface area contributed by atoms with Crippen molar-refractivity contribution >= 4 is 23.2 Å². The van der Waals surface area contributed by atoms with Crippen LogP contribution in [0.1, 0.15) is 32.1 Å². The van der Waals surface area contributed by atoms with Crippen LogP contribution in [-0.2, 0) is 4.79 Å². The molecule has 1 aliphatic carbocycles. The molecule has 1 amide bonds. The Morgan fingerprint density at radius 2 is 2.12 bits per heavy atom. The maximum atomic E-state index is 12.1. The fourth-order valence-electron chi connectivity index (χ4n) is 3.15. The summed E-state index contributed by atoms with van der Waals surface area (Å²) in [4.78, 5) is 12.1. The maximum absolute atomic E-state index is 12.1. The minimum atomic E-state index is 0.00645. The Bertz CT molecular complexity index is 666. The highest BCUT2D eigenvalue weighted by molar-refractivity contribution is 6.31. The van der Waals surface area contributed by atoms with Crippen LogP contribution in [0.2, 0.25) is 5.02 Å². The topological polar surface area (TPSA) is 59.0 Å². The van der Waals surface area contributed by atoms with Gasteiger partial charge in [-0.2, -0.15) is 5.10 Å². The summed E-state index contributed by atoms with van der Waals surface area (Å²) in [5, 5.41) is 11.1. The quantitative estimate of drug-likeness (QED) is 0.839. The molecule has 2 N–H and O–H groups in total. The zero-order chi connectivity index (χ0) is 16.8. The summed E-state index contributed by atoms with van der Waals surface area (Å²) in [6, 6.07) is 7.37. The molecule has 6 heteroatoms. The standard InChI is InChI=1S/C18H23ClN4O/c19-15-7-8-17(23-10-4-9-22-23)16(11-15)20-13-18(24)21-12-14-5-2-1-3-6-14/h4,7-11,14,20H,1-3,5-6,12-13H2,(H,21,24). The van der Waals surface area contributed by atoms with Crippen molar-refractivity contribution in [3.8, 4) is 5.69 Å². The van der Waals surface area contributed by atoms with Gasteiger partial charge in [0.15, 0.2) is 0 Å². The molecule has 0 saturated heterocycles. The third-order valence-electron chi connectivity index (χ3n) is 4.46. The number of carbonyl (C=O) groups is 1. The molecule has 0 aliphatic heterocycles. The van der Waals surface area contributed by atoms with E-state index in [0.29, 0.717) is 10.9 Å². The Hall–Kier alpha value is -2.01. The van der Waals surface area contributed by atoms with E-state index < -0.39 is 0 Å². The van der Waals surface area contributed by atoms with Crippen LogP contribution in [0.25, 0.3) is 5.69 Å². The van der Waals surface area contributed by atoms with Crippen LogP contribution in [-0.4, -0.2) is 28.8 Å². The van der Waals surface area contributed by atoms with Crippen molar-refractivity contribution in [3.63, 3.8) is 0 Å². The second-order valence-corrected chi connectivity index (χ2v) is 6.71. The minimum Gasteiger partial charge on any atom is -0.374 e. The monoisotopic (exact) mass is 346 g/mol. The maximum Gasteiger partial charge on any atom is 0.239 e. The number of nitrogens with one attached hydrogen (secondary N) is 2. The van der Waals surface area contributed by atoms with Crippen LogP contribution >= 0.6 is 11.6 Å². The van der Waals surface area contributed by atoms with Gasteiger partial charge in [0, 0.05) is 24.0 Å². The highest BCUT2D eigenvalue weighted by Crippen LogP contribution is 2.24. The van der Waals surface area contributed by atoms with Gasteiger partial charge < -0.3 is 10.6 Å². The molecule has 128 valence electrons. The molecule has 1 fully saturated rings. The summed E-state index contributed by atoms with van der Waals surface area (Å²) >= 11 is 6.09. The Balaban J connectivity index is 1.55. The van der Waals surface area contributed by atoms with E-state index in [2.05, 4.69) is 15.7 Å². The largest absolute Gasteiger partial charge is 0.374 e. The minimum absolute atomic E-state index is 0.00645. The van der Waals surface area contributed by atoms with Gasteiger partial charge in [-0.3, -0.25) is 4.79 Å². The number of anilines is 1. The molecule has 0 radical (unpaired) electrons. The zero-order valence-electron chi connectivity index (χ0n) is 13.7. The van der Waals surface area contributed by atoms with Gasteiger partial charge in [-0.05, 0) is 43.0 Å². The van der Waals surface area contributed by atoms with Crippen molar-refractivity contribution < 1.29 is 4.79 Å². The molecule has 2 aromatic rings. The van der Waals surface area contributed by atoms with Gasteiger partial charge in [-0.15, -0.1) is 0 Å². The molecule has 1 saturated carbocycles. The molecule has 1 aromatic heterocycles. The first-order valence-corrected chi connectivity index (χ1v) is 8.90. The molecule has 0 unspecified atom stereocenters. The number of aromatic nitrogens is 2. The number of carbonyl (C=O) groups excluding carboxylic acids is 1. The van der Waals surface area contributed by atoms with Gasteiger partial charge in [0.25, 0.3) is 0 Å². The normalized spacial score (nSPS) is 15.2. The van der Waals surface area contributed by atoms with E-state index >= 15 is 0 Å². The Labute approximate surface area is 147 Å². The molecule has 0 atom stereocenters. The average molecular weight is 347 g/mol. The summed E-state index contributed by atoms with van der Waals surface area (Å²) in [6.07, 6.45) is 9.93.